The molecule has 28 heavy (non-hydrogen) atoms. The maximum Gasteiger partial charge on any atom is 0.256 e. The second-order valence-electron chi connectivity index (χ2n) is 7.38. The highest BCUT2D eigenvalue weighted by atomic mass is 19.1. The summed E-state index contributed by atoms with van der Waals surface area (Å²) in [5, 5.41) is 1.19. The Morgan fingerprint density at radius 3 is 2.64 bits per heavy atom. The lowest BCUT2D eigenvalue weighted by Crippen LogP contribution is -2.46. The van der Waals surface area contributed by atoms with Crippen molar-refractivity contribution in [2.45, 2.75) is 12.8 Å². The zero-order valence-electron chi connectivity index (χ0n) is 15.8. The van der Waals surface area contributed by atoms with Gasteiger partial charge in [0.1, 0.15) is 5.82 Å². The van der Waals surface area contributed by atoms with E-state index >= 15 is 0 Å². The van der Waals surface area contributed by atoms with Gasteiger partial charge in [-0.25, -0.2) is 4.39 Å². The number of anilines is 2. The van der Waals surface area contributed by atoms with E-state index in [-0.39, 0.29) is 11.4 Å². The normalized spacial score (nSPS) is 15.2. The number of piperazine rings is 1. The third kappa shape index (κ3) is 4.17. The second kappa shape index (κ2) is 8.02. The molecule has 1 fully saturated rings. The average molecular weight is 380 g/mol. The molecule has 0 spiro atoms. The molecule has 1 saturated heterocycles. The number of benzene rings is 2. The Morgan fingerprint density at radius 2 is 1.86 bits per heavy atom. The SMILES string of the molecule is Nc1cccc(N2CCN(CCCc3cc4ccc(F)cc4c(=O)[nH]3)CC2)c1. The summed E-state index contributed by atoms with van der Waals surface area (Å²) in [5.41, 5.74) is 8.55. The van der Waals surface area contributed by atoms with Crippen LogP contribution in [0.2, 0.25) is 0 Å². The number of fused-ring (bicyclic) bond motifs is 1. The number of rotatable bonds is 5. The van der Waals surface area contributed by atoms with E-state index in [0.717, 1.165) is 62.3 Å². The number of aryl methyl sites for hydroxylation is 1. The molecule has 5 nitrogen and oxygen atoms in total. The molecule has 0 amide bonds. The molecule has 0 aliphatic carbocycles. The number of pyridine rings is 1. The largest absolute Gasteiger partial charge is 0.399 e. The minimum atomic E-state index is -0.386. The van der Waals surface area contributed by atoms with Crippen molar-refractivity contribution >= 4 is 22.1 Å². The quantitative estimate of drug-likeness (QED) is 0.668. The van der Waals surface area contributed by atoms with Crippen molar-refractivity contribution in [1.29, 1.82) is 0 Å². The molecule has 0 unspecified atom stereocenters. The lowest BCUT2D eigenvalue weighted by Gasteiger charge is -2.36. The minimum Gasteiger partial charge on any atom is -0.399 e. The number of aromatic nitrogens is 1. The average Bonchev–Trinajstić information content (AvgIpc) is 2.69. The number of hydrogen-bond donors (Lipinski definition) is 2. The topological polar surface area (TPSA) is 65.4 Å². The first kappa shape index (κ1) is 18.5. The van der Waals surface area contributed by atoms with Gasteiger partial charge in [0, 0.05) is 48.6 Å². The molecule has 1 aliphatic rings. The Hall–Kier alpha value is -2.86. The van der Waals surface area contributed by atoms with Crippen molar-refractivity contribution in [1.82, 2.24) is 9.88 Å². The van der Waals surface area contributed by atoms with E-state index in [2.05, 4.69) is 20.9 Å². The van der Waals surface area contributed by atoms with Crippen LogP contribution in [0.5, 0.6) is 0 Å². The first-order chi connectivity index (χ1) is 13.6. The summed E-state index contributed by atoms with van der Waals surface area (Å²) in [6.45, 7) is 5.00. The van der Waals surface area contributed by atoms with Crippen LogP contribution in [0.25, 0.3) is 10.8 Å². The van der Waals surface area contributed by atoms with Gasteiger partial charge < -0.3 is 15.6 Å². The highest BCUT2D eigenvalue weighted by Gasteiger charge is 2.17. The summed E-state index contributed by atoms with van der Waals surface area (Å²) in [6.07, 6.45) is 1.78. The Morgan fingerprint density at radius 1 is 1.04 bits per heavy atom. The number of halogens is 1. The summed E-state index contributed by atoms with van der Waals surface area (Å²) < 4.78 is 13.3. The van der Waals surface area contributed by atoms with Crippen LogP contribution in [0, 0.1) is 5.82 Å². The summed E-state index contributed by atoms with van der Waals surface area (Å²) in [7, 11) is 0. The summed E-state index contributed by atoms with van der Waals surface area (Å²) in [4.78, 5) is 19.9. The summed E-state index contributed by atoms with van der Waals surface area (Å²) >= 11 is 0. The molecule has 1 aromatic heterocycles. The number of nitrogens with two attached hydrogens (primary N) is 1. The van der Waals surface area contributed by atoms with Crippen LogP contribution in [-0.2, 0) is 6.42 Å². The van der Waals surface area contributed by atoms with Crippen molar-refractivity contribution in [3.63, 3.8) is 0 Å². The van der Waals surface area contributed by atoms with Crippen LogP contribution in [-0.4, -0.2) is 42.6 Å². The predicted octanol–water partition coefficient (Wildman–Crippen LogP) is 3.00. The first-order valence-corrected chi connectivity index (χ1v) is 9.73. The number of nitrogen functional groups attached to an aromatic ring is 1. The molecular weight excluding hydrogens is 355 g/mol. The Balaban J connectivity index is 1.30. The van der Waals surface area contributed by atoms with Gasteiger partial charge >= 0.3 is 0 Å². The smallest absolute Gasteiger partial charge is 0.256 e. The van der Waals surface area contributed by atoms with Gasteiger partial charge in [-0.1, -0.05) is 12.1 Å². The fourth-order valence-corrected chi connectivity index (χ4v) is 3.87. The van der Waals surface area contributed by atoms with Crippen molar-refractivity contribution < 1.29 is 4.39 Å². The molecule has 3 N–H and O–H groups in total. The van der Waals surface area contributed by atoms with Crippen molar-refractivity contribution in [3.05, 3.63) is 70.4 Å². The van der Waals surface area contributed by atoms with Crippen molar-refractivity contribution in [2.24, 2.45) is 0 Å². The summed E-state index contributed by atoms with van der Waals surface area (Å²) in [5.74, 6) is -0.386. The Bertz CT molecular complexity index is 1020. The number of aromatic amines is 1. The van der Waals surface area contributed by atoms with Gasteiger partial charge in [-0.2, -0.15) is 0 Å². The molecule has 2 heterocycles. The lowest BCUT2D eigenvalue weighted by molar-refractivity contribution is 0.255. The van der Waals surface area contributed by atoms with Gasteiger partial charge in [0.2, 0.25) is 0 Å². The monoisotopic (exact) mass is 380 g/mol. The van der Waals surface area contributed by atoms with Gasteiger partial charge in [0.15, 0.2) is 0 Å². The van der Waals surface area contributed by atoms with Crippen molar-refractivity contribution in [2.75, 3.05) is 43.4 Å². The maximum atomic E-state index is 13.3. The molecule has 6 heteroatoms. The zero-order valence-corrected chi connectivity index (χ0v) is 15.8. The van der Waals surface area contributed by atoms with E-state index in [1.54, 1.807) is 6.07 Å². The molecule has 0 saturated carbocycles. The summed E-state index contributed by atoms with van der Waals surface area (Å²) in [6, 6.07) is 14.3. The van der Waals surface area contributed by atoms with Crippen LogP contribution in [0.1, 0.15) is 12.1 Å². The van der Waals surface area contributed by atoms with E-state index < -0.39 is 0 Å². The number of H-pyrrole nitrogens is 1. The highest BCUT2D eigenvalue weighted by Crippen LogP contribution is 2.19. The highest BCUT2D eigenvalue weighted by molar-refractivity contribution is 5.81. The van der Waals surface area contributed by atoms with E-state index in [9.17, 15) is 9.18 Å². The molecule has 0 bridgehead atoms. The van der Waals surface area contributed by atoms with Gasteiger partial charge in [-0.05, 0) is 61.2 Å². The lowest BCUT2D eigenvalue weighted by atomic mass is 10.1. The number of nitrogens with zero attached hydrogens (tertiary/aromatic N) is 2. The third-order valence-electron chi connectivity index (χ3n) is 5.39. The fourth-order valence-electron chi connectivity index (χ4n) is 3.87. The molecule has 2 aromatic carbocycles. The standard InChI is InChI=1S/C22H25FN4O/c23-17-7-6-16-13-19(25-22(28)21(16)14-17)4-2-8-26-9-11-27(12-10-26)20-5-1-3-18(24)15-20/h1,3,5-7,13-15H,2,4,8-12,24H2,(H,25,28). The number of nitrogens with one attached hydrogen (secondary N) is 1. The maximum absolute atomic E-state index is 13.3. The van der Waals surface area contributed by atoms with Crippen LogP contribution in [0.4, 0.5) is 15.8 Å². The first-order valence-electron chi connectivity index (χ1n) is 9.73. The van der Waals surface area contributed by atoms with Crippen LogP contribution < -0.4 is 16.2 Å². The van der Waals surface area contributed by atoms with E-state index in [4.69, 9.17) is 5.73 Å². The third-order valence-corrected chi connectivity index (χ3v) is 5.39. The Labute approximate surface area is 163 Å². The molecule has 3 aromatic rings. The van der Waals surface area contributed by atoms with E-state index in [1.165, 1.54) is 17.8 Å². The minimum absolute atomic E-state index is 0.220. The molecule has 0 atom stereocenters. The van der Waals surface area contributed by atoms with Crippen molar-refractivity contribution in [3.8, 4) is 0 Å². The number of hydrogen-bond acceptors (Lipinski definition) is 4. The van der Waals surface area contributed by atoms with Crippen LogP contribution >= 0.6 is 0 Å². The van der Waals surface area contributed by atoms with Crippen LogP contribution in [0.3, 0.4) is 0 Å². The van der Waals surface area contributed by atoms with Gasteiger partial charge in [0.25, 0.3) is 5.56 Å². The predicted molar refractivity (Wildman–Crippen MR) is 112 cm³/mol. The molecular formula is C22H25FN4O. The van der Waals surface area contributed by atoms with Gasteiger partial charge in [-0.3, -0.25) is 9.69 Å². The Kier molecular flexibility index (Phi) is 5.30. The van der Waals surface area contributed by atoms with Gasteiger partial charge in [0.05, 0.1) is 0 Å². The molecule has 4 rings (SSSR count). The zero-order chi connectivity index (χ0) is 19.5. The van der Waals surface area contributed by atoms with Gasteiger partial charge in [-0.15, -0.1) is 0 Å². The van der Waals surface area contributed by atoms with E-state index in [0.29, 0.717) is 5.39 Å². The second-order valence-corrected chi connectivity index (χ2v) is 7.38. The molecule has 0 radical (unpaired) electrons. The fraction of sp³-hybridized carbons (Fsp3) is 0.318. The molecule has 146 valence electrons. The molecule has 1 aliphatic heterocycles. The van der Waals surface area contributed by atoms with E-state index in [1.807, 2.05) is 24.3 Å². The van der Waals surface area contributed by atoms with Crippen LogP contribution in [0.15, 0.2) is 53.3 Å².